The van der Waals surface area contributed by atoms with Gasteiger partial charge in [0.05, 0.1) is 24.8 Å². The Morgan fingerprint density at radius 1 is 1.15 bits per heavy atom. The van der Waals surface area contributed by atoms with Gasteiger partial charge in [-0.1, -0.05) is 18.2 Å². The maximum atomic E-state index is 11.1. The van der Waals surface area contributed by atoms with Gasteiger partial charge in [-0.05, 0) is 36.3 Å². The lowest BCUT2D eigenvalue weighted by Crippen LogP contribution is -2.25. The molecule has 33 heavy (non-hydrogen) atoms. The topological polar surface area (TPSA) is 106 Å². The van der Waals surface area contributed by atoms with Crippen molar-refractivity contribution >= 4 is 22.6 Å². The molecule has 0 amide bonds. The van der Waals surface area contributed by atoms with Crippen LogP contribution in [0.2, 0.25) is 0 Å². The first kappa shape index (κ1) is 21.0. The molecule has 1 atom stereocenters. The maximum Gasteiger partial charge on any atom is 0.335 e. The van der Waals surface area contributed by atoms with Gasteiger partial charge in [-0.15, -0.1) is 0 Å². The number of nitriles is 1. The van der Waals surface area contributed by atoms with Crippen LogP contribution in [0.15, 0.2) is 64.9 Å². The number of ether oxygens (including phenoxy) is 2. The van der Waals surface area contributed by atoms with Gasteiger partial charge in [0.2, 0.25) is 0 Å². The van der Waals surface area contributed by atoms with Gasteiger partial charge in [0.25, 0.3) is 0 Å². The van der Waals surface area contributed by atoms with Crippen LogP contribution in [0.5, 0.6) is 0 Å². The molecule has 0 saturated carbocycles. The lowest BCUT2D eigenvalue weighted by Gasteiger charge is -2.28. The van der Waals surface area contributed by atoms with E-state index in [1.165, 1.54) is 0 Å². The van der Waals surface area contributed by atoms with Crippen LogP contribution in [0.25, 0.3) is 28.0 Å². The molecule has 2 aliphatic rings. The quantitative estimate of drug-likeness (QED) is 0.579. The number of carbonyl (C=O) groups is 1. The van der Waals surface area contributed by atoms with Gasteiger partial charge >= 0.3 is 5.97 Å². The Balaban J connectivity index is 1.45. The number of allylic oxidation sites excluding steroid dienone is 4. The number of aromatic nitrogens is 1. The highest BCUT2D eigenvalue weighted by Gasteiger charge is 2.26. The van der Waals surface area contributed by atoms with E-state index in [4.69, 9.17) is 19.0 Å². The molecule has 0 radical (unpaired) electrons. The molecule has 7 nitrogen and oxygen atoms in total. The third-order valence-electron chi connectivity index (χ3n) is 6.02. The fraction of sp³-hybridized carbons (Fsp3) is 0.269. The number of benzene rings is 1. The number of carboxylic acid groups (broad SMARTS) is 1. The predicted molar refractivity (Wildman–Crippen MR) is 121 cm³/mol. The minimum Gasteiger partial charge on any atom is -0.493 e. The number of hydrogen-bond acceptors (Lipinski definition) is 6. The van der Waals surface area contributed by atoms with Crippen LogP contribution in [-0.2, 0) is 9.47 Å². The second kappa shape index (κ2) is 8.93. The number of nitrogens with zero attached hydrogens (tertiary/aromatic N) is 2. The number of aromatic carboxylic acids is 1. The average Bonchev–Trinajstić information content (AvgIpc) is 3.29. The highest BCUT2D eigenvalue weighted by Crippen LogP contribution is 2.37. The van der Waals surface area contributed by atoms with E-state index in [0.717, 1.165) is 29.5 Å². The van der Waals surface area contributed by atoms with Crippen LogP contribution in [0.1, 0.15) is 35.2 Å². The third-order valence-corrected chi connectivity index (χ3v) is 6.02. The van der Waals surface area contributed by atoms with Gasteiger partial charge in [-0.25, -0.2) is 4.79 Å². The standard InChI is InChI=1S/C26H22N2O5/c27-15-19-13-18(5-6-23(19)32-20-8-11-31-12-9-20)21-7-10-28-22-14-24(33-25(21)22)16-1-3-17(4-2-16)26(29)30/h1-7,10,14,19-20H,8-9,11-13H2,(H,29,30). The molecular formula is C26H22N2O5. The summed E-state index contributed by atoms with van der Waals surface area (Å²) in [7, 11) is 0. The van der Waals surface area contributed by atoms with E-state index in [-0.39, 0.29) is 17.6 Å². The van der Waals surface area contributed by atoms with Crippen LogP contribution in [0.3, 0.4) is 0 Å². The lowest BCUT2D eigenvalue weighted by atomic mass is 9.89. The molecule has 1 unspecified atom stereocenters. The van der Waals surface area contributed by atoms with E-state index < -0.39 is 5.97 Å². The van der Waals surface area contributed by atoms with E-state index in [9.17, 15) is 10.1 Å². The summed E-state index contributed by atoms with van der Waals surface area (Å²) in [4.78, 5) is 15.5. The molecule has 1 fully saturated rings. The Bertz CT molecular complexity index is 1290. The zero-order valence-electron chi connectivity index (χ0n) is 17.9. The minimum atomic E-state index is -0.973. The van der Waals surface area contributed by atoms with Crippen molar-refractivity contribution in [3.8, 4) is 17.4 Å². The molecule has 0 spiro atoms. The fourth-order valence-corrected chi connectivity index (χ4v) is 4.21. The summed E-state index contributed by atoms with van der Waals surface area (Å²) >= 11 is 0. The van der Waals surface area contributed by atoms with Crippen molar-refractivity contribution in [2.24, 2.45) is 5.92 Å². The van der Waals surface area contributed by atoms with E-state index in [1.54, 1.807) is 30.5 Å². The Labute approximate surface area is 190 Å². The molecular weight excluding hydrogens is 420 g/mol. The summed E-state index contributed by atoms with van der Waals surface area (Å²) in [5.74, 6) is -0.0278. The number of fused-ring (bicyclic) bond motifs is 1. The summed E-state index contributed by atoms with van der Waals surface area (Å²) in [6.07, 6.45) is 7.88. The number of hydrogen-bond donors (Lipinski definition) is 1. The second-order valence-corrected chi connectivity index (χ2v) is 8.14. The van der Waals surface area contributed by atoms with Crippen LogP contribution < -0.4 is 0 Å². The van der Waals surface area contributed by atoms with Crippen molar-refractivity contribution in [1.82, 2.24) is 4.98 Å². The van der Waals surface area contributed by atoms with E-state index >= 15 is 0 Å². The molecule has 3 aromatic rings. The van der Waals surface area contributed by atoms with Crippen molar-refractivity contribution < 1.29 is 23.8 Å². The van der Waals surface area contributed by atoms with Gasteiger partial charge in [0.1, 0.15) is 29.1 Å². The number of pyridine rings is 1. The van der Waals surface area contributed by atoms with Crippen LogP contribution in [0, 0.1) is 17.2 Å². The summed E-state index contributed by atoms with van der Waals surface area (Å²) in [5, 5.41) is 18.9. The van der Waals surface area contributed by atoms with Crippen molar-refractivity contribution in [3.05, 3.63) is 71.6 Å². The summed E-state index contributed by atoms with van der Waals surface area (Å²) in [6.45, 7) is 1.37. The Morgan fingerprint density at radius 2 is 1.94 bits per heavy atom. The zero-order valence-corrected chi connectivity index (χ0v) is 17.9. The van der Waals surface area contributed by atoms with Gasteiger partial charge in [0.15, 0.2) is 5.58 Å². The first-order valence-electron chi connectivity index (χ1n) is 10.9. The van der Waals surface area contributed by atoms with Crippen molar-refractivity contribution in [2.75, 3.05) is 13.2 Å². The molecule has 3 heterocycles. The van der Waals surface area contributed by atoms with Gasteiger partial charge in [-0.2, -0.15) is 5.26 Å². The van der Waals surface area contributed by atoms with Crippen LogP contribution in [-0.4, -0.2) is 35.4 Å². The molecule has 166 valence electrons. The first-order chi connectivity index (χ1) is 16.1. The average molecular weight is 442 g/mol. The van der Waals surface area contributed by atoms with E-state index in [2.05, 4.69) is 11.1 Å². The molecule has 0 bridgehead atoms. The molecule has 1 aliphatic carbocycles. The monoisotopic (exact) mass is 442 g/mol. The molecule has 1 saturated heterocycles. The van der Waals surface area contributed by atoms with Crippen molar-refractivity contribution in [1.29, 1.82) is 5.26 Å². The molecule has 7 heteroatoms. The van der Waals surface area contributed by atoms with Crippen molar-refractivity contribution in [3.63, 3.8) is 0 Å². The smallest absolute Gasteiger partial charge is 0.335 e. The lowest BCUT2D eigenvalue weighted by molar-refractivity contribution is -0.00914. The SMILES string of the molecule is N#CC1CC(c2ccnc3cc(-c4ccc(C(=O)O)cc4)oc23)=CC=C1OC1CCOCC1. The van der Waals surface area contributed by atoms with Gasteiger partial charge in [-0.3, -0.25) is 4.98 Å². The predicted octanol–water partition coefficient (Wildman–Crippen LogP) is 5.20. The Morgan fingerprint density at radius 3 is 2.67 bits per heavy atom. The molecule has 2 aromatic heterocycles. The first-order valence-corrected chi connectivity index (χ1v) is 10.9. The number of carboxylic acids is 1. The third kappa shape index (κ3) is 4.26. The fourth-order valence-electron chi connectivity index (χ4n) is 4.21. The highest BCUT2D eigenvalue weighted by atomic mass is 16.5. The van der Waals surface area contributed by atoms with Crippen molar-refractivity contribution in [2.45, 2.75) is 25.4 Å². The molecule has 1 aliphatic heterocycles. The molecule has 1 N–H and O–H groups in total. The van der Waals surface area contributed by atoms with Gasteiger partial charge in [0, 0.05) is 36.2 Å². The summed E-state index contributed by atoms with van der Waals surface area (Å²) < 4.78 is 17.7. The van der Waals surface area contributed by atoms with E-state index in [1.807, 2.05) is 24.3 Å². The summed E-state index contributed by atoms with van der Waals surface area (Å²) in [5.41, 5.74) is 4.19. The van der Waals surface area contributed by atoms with Crippen LogP contribution >= 0.6 is 0 Å². The van der Waals surface area contributed by atoms with E-state index in [0.29, 0.717) is 42.3 Å². The molecule has 1 aromatic carbocycles. The summed E-state index contributed by atoms with van der Waals surface area (Å²) in [6, 6.07) is 12.6. The maximum absolute atomic E-state index is 11.1. The number of furan rings is 1. The normalized spacial score (nSPS) is 18.9. The zero-order chi connectivity index (χ0) is 22.8. The highest BCUT2D eigenvalue weighted by molar-refractivity contribution is 5.91. The minimum absolute atomic E-state index is 0.0866. The van der Waals surface area contributed by atoms with Gasteiger partial charge < -0.3 is 19.0 Å². The molecule has 5 rings (SSSR count). The van der Waals surface area contributed by atoms with Crippen LogP contribution in [0.4, 0.5) is 0 Å². The number of rotatable bonds is 5. The largest absolute Gasteiger partial charge is 0.493 e. The Kier molecular flexibility index (Phi) is 5.68. The second-order valence-electron chi connectivity index (χ2n) is 8.14. The Hall–Kier alpha value is -3.89.